The number of carbonyl (C=O) groups is 4. The van der Waals surface area contributed by atoms with Crippen LogP contribution < -0.4 is 24.8 Å². The van der Waals surface area contributed by atoms with Crippen LogP contribution in [-0.2, 0) is 16.1 Å². The Kier molecular flexibility index (Phi) is 9.24. The van der Waals surface area contributed by atoms with E-state index in [1.807, 2.05) is 31.2 Å². The summed E-state index contributed by atoms with van der Waals surface area (Å²) in [5, 5.41) is 5.95. The molecule has 0 spiro atoms. The molecule has 4 heterocycles. The van der Waals surface area contributed by atoms with Crippen LogP contribution in [0.2, 0.25) is 0 Å². The zero-order valence-electron chi connectivity index (χ0n) is 26.6. The molecular formula is C36H34N4O8. The predicted molar refractivity (Wildman–Crippen MR) is 174 cm³/mol. The van der Waals surface area contributed by atoms with Gasteiger partial charge in [-0.05, 0) is 77.7 Å². The molecule has 0 radical (unpaired) electrons. The van der Waals surface area contributed by atoms with E-state index in [2.05, 4.69) is 15.6 Å². The molecule has 0 saturated carbocycles. The number of nitrogens with one attached hydrogen (secondary N) is 2. The lowest BCUT2D eigenvalue weighted by Gasteiger charge is -2.23. The number of rotatable bonds is 3. The van der Waals surface area contributed by atoms with Gasteiger partial charge in [-0.25, -0.2) is 4.79 Å². The molecule has 246 valence electrons. The molecule has 12 heteroatoms. The monoisotopic (exact) mass is 650 g/mol. The SMILES string of the molecule is COC(=O)c1ccc(C(=O)N2C[C@@H]3NC(=O)c4ccc(C)c(c4)-c4cccc(c4)OCC(=O)NCc4ccc(c(OC)c4)O[C@H]3C2)nc1. The highest BCUT2D eigenvalue weighted by atomic mass is 16.5. The second-order valence-electron chi connectivity index (χ2n) is 11.5. The third kappa shape index (κ3) is 6.92. The highest BCUT2D eigenvalue weighted by Crippen LogP contribution is 2.32. The van der Waals surface area contributed by atoms with Crippen molar-refractivity contribution in [1.29, 1.82) is 0 Å². The predicted octanol–water partition coefficient (Wildman–Crippen LogP) is 3.56. The topological polar surface area (TPSA) is 145 Å². The molecule has 0 unspecified atom stereocenters. The summed E-state index contributed by atoms with van der Waals surface area (Å²) in [7, 11) is 2.77. The Labute approximate surface area is 277 Å². The Morgan fingerprint density at radius 1 is 0.958 bits per heavy atom. The third-order valence-corrected chi connectivity index (χ3v) is 8.28. The van der Waals surface area contributed by atoms with Gasteiger partial charge in [-0.15, -0.1) is 0 Å². The van der Waals surface area contributed by atoms with E-state index >= 15 is 0 Å². The number of hydrogen-bond acceptors (Lipinski definition) is 9. The largest absolute Gasteiger partial charge is 0.493 e. The first-order valence-corrected chi connectivity index (χ1v) is 15.3. The molecule has 12 nitrogen and oxygen atoms in total. The quantitative estimate of drug-likeness (QED) is 0.318. The lowest BCUT2D eigenvalue weighted by Crippen LogP contribution is -2.45. The first-order valence-electron chi connectivity index (χ1n) is 15.3. The highest BCUT2D eigenvalue weighted by Gasteiger charge is 2.39. The van der Waals surface area contributed by atoms with Gasteiger partial charge in [0.15, 0.2) is 18.1 Å². The van der Waals surface area contributed by atoms with Crippen LogP contribution in [0.1, 0.15) is 42.3 Å². The second-order valence-corrected chi connectivity index (χ2v) is 11.5. The van der Waals surface area contributed by atoms with Crippen LogP contribution in [0.4, 0.5) is 0 Å². The second kappa shape index (κ2) is 13.8. The molecule has 7 rings (SSSR count). The number of pyridine rings is 1. The third-order valence-electron chi connectivity index (χ3n) is 8.28. The minimum atomic E-state index is -0.656. The van der Waals surface area contributed by atoms with E-state index in [1.54, 1.807) is 41.3 Å². The number of methoxy groups -OCH3 is 2. The lowest BCUT2D eigenvalue weighted by atomic mass is 9.97. The molecule has 1 aromatic heterocycles. The Hall–Kier alpha value is -5.91. The Morgan fingerprint density at radius 2 is 1.81 bits per heavy atom. The van der Waals surface area contributed by atoms with Crippen LogP contribution in [0.5, 0.6) is 17.2 Å². The van der Waals surface area contributed by atoms with Gasteiger partial charge in [-0.1, -0.05) is 24.3 Å². The molecule has 6 bridgehead atoms. The summed E-state index contributed by atoms with van der Waals surface area (Å²) in [6.45, 7) is 2.28. The average Bonchev–Trinajstić information content (AvgIpc) is 3.51. The molecule has 1 saturated heterocycles. The summed E-state index contributed by atoms with van der Waals surface area (Å²) in [5.41, 5.74) is 4.13. The maximum atomic E-state index is 13.8. The van der Waals surface area contributed by atoms with Crippen molar-refractivity contribution in [3.8, 4) is 28.4 Å². The molecule has 1 fully saturated rings. The molecule has 2 N–H and O–H groups in total. The van der Waals surface area contributed by atoms with Crippen molar-refractivity contribution < 1.29 is 38.1 Å². The minimum Gasteiger partial charge on any atom is -0.493 e. The first kappa shape index (κ1) is 32.0. The van der Waals surface area contributed by atoms with Crippen molar-refractivity contribution in [3.63, 3.8) is 0 Å². The number of amides is 3. The summed E-state index contributed by atoms with van der Waals surface area (Å²) in [4.78, 5) is 57.6. The van der Waals surface area contributed by atoms with Crippen molar-refractivity contribution in [2.75, 3.05) is 33.9 Å². The number of aryl methyl sites for hydroxylation is 1. The molecule has 3 aromatic carbocycles. The summed E-state index contributed by atoms with van der Waals surface area (Å²) < 4.78 is 22.6. The van der Waals surface area contributed by atoms with Crippen molar-refractivity contribution in [1.82, 2.24) is 20.5 Å². The Balaban J connectivity index is 1.34. The average molecular weight is 651 g/mol. The molecule has 3 aliphatic rings. The summed E-state index contributed by atoms with van der Waals surface area (Å²) in [6, 6.07) is 20.4. The van der Waals surface area contributed by atoms with E-state index in [4.69, 9.17) is 18.9 Å². The van der Waals surface area contributed by atoms with Crippen molar-refractivity contribution in [2.24, 2.45) is 0 Å². The van der Waals surface area contributed by atoms with Gasteiger partial charge in [0.2, 0.25) is 0 Å². The van der Waals surface area contributed by atoms with Crippen molar-refractivity contribution >= 4 is 23.7 Å². The Bertz CT molecular complexity index is 1880. The molecule has 3 amide bonds. The molecule has 48 heavy (non-hydrogen) atoms. The normalized spacial score (nSPS) is 17.6. The molecular weight excluding hydrogens is 616 g/mol. The van der Waals surface area contributed by atoms with Gasteiger partial charge in [0.1, 0.15) is 17.5 Å². The number of nitrogens with zero attached hydrogens (tertiary/aromatic N) is 2. The molecule has 2 atom stereocenters. The zero-order chi connectivity index (χ0) is 33.8. The van der Waals surface area contributed by atoms with E-state index in [-0.39, 0.29) is 55.2 Å². The fourth-order valence-electron chi connectivity index (χ4n) is 5.68. The number of aromatic nitrogens is 1. The van der Waals surface area contributed by atoms with Crippen LogP contribution in [0.15, 0.2) is 79.0 Å². The molecule has 4 aromatic rings. The minimum absolute atomic E-state index is 0.129. The van der Waals surface area contributed by atoms with Gasteiger partial charge in [0.25, 0.3) is 17.7 Å². The van der Waals surface area contributed by atoms with Crippen LogP contribution in [0.3, 0.4) is 0 Å². The van der Waals surface area contributed by atoms with E-state index in [0.717, 1.165) is 22.3 Å². The van der Waals surface area contributed by atoms with E-state index < -0.39 is 18.1 Å². The van der Waals surface area contributed by atoms with Gasteiger partial charge in [-0.3, -0.25) is 19.4 Å². The number of likely N-dealkylation sites (tertiary alicyclic amines) is 1. The fourth-order valence-corrected chi connectivity index (χ4v) is 5.68. The van der Waals surface area contributed by atoms with Crippen molar-refractivity contribution in [3.05, 3.63) is 107 Å². The van der Waals surface area contributed by atoms with Crippen LogP contribution >= 0.6 is 0 Å². The van der Waals surface area contributed by atoms with E-state index in [9.17, 15) is 19.2 Å². The van der Waals surface area contributed by atoms with Crippen LogP contribution in [-0.4, -0.2) is 79.6 Å². The van der Waals surface area contributed by atoms with E-state index in [1.165, 1.54) is 32.5 Å². The number of benzene rings is 3. The number of carbonyl (C=O) groups excluding carboxylic acids is 4. The van der Waals surface area contributed by atoms with Gasteiger partial charge < -0.3 is 34.5 Å². The fraction of sp³-hybridized carbons (Fsp3) is 0.250. The highest BCUT2D eigenvalue weighted by molar-refractivity contribution is 5.97. The summed E-state index contributed by atoms with van der Waals surface area (Å²) in [5.74, 6) is -0.248. The van der Waals surface area contributed by atoms with E-state index in [0.29, 0.717) is 22.8 Å². The summed E-state index contributed by atoms with van der Waals surface area (Å²) >= 11 is 0. The number of fused-ring (bicyclic) bond motifs is 7. The number of ether oxygens (including phenoxy) is 4. The lowest BCUT2D eigenvalue weighted by molar-refractivity contribution is -0.123. The van der Waals surface area contributed by atoms with Gasteiger partial charge >= 0.3 is 5.97 Å². The van der Waals surface area contributed by atoms with Crippen molar-refractivity contribution in [2.45, 2.75) is 25.6 Å². The maximum absolute atomic E-state index is 13.8. The standard InChI is InChI=1S/C36H34N4O8/c1-21-7-9-24-15-27(21)23-5-4-6-26(14-23)47-20-33(41)38-16-22-8-12-30(31(13-22)45-2)48-32-19-40(18-29(32)39-34(24)42)35(43)28-11-10-25(17-37-28)36(44)46-3/h4-15,17,29,32H,16,18-20H2,1-3H3,(H,38,41)(H,39,42)/t29-,32-/m0/s1. The smallest absolute Gasteiger partial charge is 0.339 e. The maximum Gasteiger partial charge on any atom is 0.339 e. The van der Waals surface area contributed by atoms with Gasteiger partial charge in [-0.2, -0.15) is 0 Å². The van der Waals surface area contributed by atoms with Crippen LogP contribution in [0, 0.1) is 6.92 Å². The summed E-state index contributed by atoms with van der Waals surface area (Å²) in [6.07, 6.45) is 0.630. The van der Waals surface area contributed by atoms with Gasteiger partial charge in [0.05, 0.1) is 32.4 Å². The molecule has 3 aliphatic heterocycles. The zero-order valence-corrected chi connectivity index (χ0v) is 26.6. The number of hydrogen-bond donors (Lipinski definition) is 2. The van der Waals surface area contributed by atoms with Gasteiger partial charge in [0, 0.05) is 24.8 Å². The van der Waals surface area contributed by atoms with Crippen LogP contribution in [0.25, 0.3) is 11.1 Å². The first-order chi connectivity index (χ1) is 23.2. The Morgan fingerprint density at radius 3 is 2.58 bits per heavy atom. The number of esters is 1. The molecule has 0 aliphatic carbocycles.